The monoisotopic (exact) mass is 409 g/mol. The number of allylic oxidation sites excluding steroid dienone is 2. The van der Waals surface area contributed by atoms with E-state index >= 15 is 0 Å². The fourth-order valence-corrected chi connectivity index (χ4v) is 5.24. The van der Waals surface area contributed by atoms with Crippen LogP contribution < -0.4 is 0 Å². The van der Waals surface area contributed by atoms with Crippen molar-refractivity contribution in [3.05, 3.63) is 64.0 Å². The maximum atomic E-state index is 13.2. The van der Waals surface area contributed by atoms with Crippen LogP contribution in [0.3, 0.4) is 0 Å². The van der Waals surface area contributed by atoms with E-state index in [0.29, 0.717) is 0 Å². The summed E-state index contributed by atoms with van der Waals surface area (Å²) in [5.41, 5.74) is 2.08. The van der Waals surface area contributed by atoms with Gasteiger partial charge in [-0.05, 0) is 43.2 Å². The standard InChI is InChI=1S/C22H23N3OS2/c1-16-15-27-21(23-16)24-22-25(18-12-6-3-7-13-18)20(26)19(28-22)14-8-11-17-9-4-2-5-10-17/h2,4-5,8-11,14-15,18H,3,6-7,12-13H2,1H3/b11-8+,19-14-,24-22+. The molecule has 4 nitrogen and oxygen atoms in total. The van der Waals surface area contributed by atoms with E-state index in [1.807, 2.05) is 65.8 Å². The number of carbonyl (C=O) groups is 1. The van der Waals surface area contributed by atoms with Crippen LogP contribution in [0.2, 0.25) is 0 Å². The Kier molecular flexibility index (Phi) is 6.07. The molecule has 28 heavy (non-hydrogen) atoms. The summed E-state index contributed by atoms with van der Waals surface area (Å²) < 4.78 is 0. The number of rotatable bonds is 4. The molecule has 0 bridgehead atoms. The smallest absolute Gasteiger partial charge is 0.266 e. The van der Waals surface area contributed by atoms with Crippen molar-refractivity contribution in [2.45, 2.75) is 45.1 Å². The third kappa shape index (κ3) is 4.45. The number of thioether (sulfide) groups is 1. The van der Waals surface area contributed by atoms with Gasteiger partial charge in [0.05, 0.1) is 10.6 Å². The molecular formula is C22H23N3OS2. The first kappa shape index (κ1) is 19.2. The average molecular weight is 410 g/mol. The molecule has 1 saturated carbocycles. The van der Waals surface area contributed by atoms with Crippen molar-refractivity contribution in [3.63, 3.8) is 0 Å². The molecule has 0 spiro atoms. The molecule has 2 fully saturated rings. The normalized spacial score (nSPS) is 21.5. The fourth-order valence-electron chi connectivity index (χ4n) is 3.53. The SMILES string of the molecule is Cc1csc(/N=C2/S/C(=C\C=C\c3ccccc3)C(=O)N2C2CCCCC2)n1. The number of hydrogen-bond donors (Lipinski definition) is 0. The second-order valence-corrected chi connectivity index (χ2v) is 8.88. The maximum Gasteiger partial charge on any atom is 0.266 e. The van der Waals surface area contributed by atoms with Crippen LogP contribution in [0.4, 0.5) is 5.13 Å². The Morgan fingerprint density at radius 2 is 1.96 bits per heavy atom. The lowest BCUT2D eigenvalue weighted by Crippen LogP contribution is -2.40. The predicted octanol–water partition coefficient (Wildman–Crippen LogP) is 5.94. The molecule has 2 aliphatic rings. The van der Waals surface area contributed by atoms with Crippen molar-refractivity contribution in [1.82, 2.24) is 9.88 Å². The number of aryl methyl sites for hydroxylation is 1. The van der Waals surface area contributed by atoms with Crippen LogP contribution in [0.25, 0.3) is 6.08 Å². The van der Waals surface area contributed by atoms with E-state index < -0.39 is 0 Å². The molecule has 4 rings (SSSR count). The second-order valence-electron chi connectivity index (χ2n) is 7.04. The van der Waals surface area contributed by atoms with Gasteiger partial charge in [-0.15, -0.1) is 11.3 Å². The van der Waals surface area contributed by atoms with Crippen molar-refractivity contribution < 1.29 is 4.79 Å². The highest BCUT2D eigenvalue weighted by atomic mass is 32.2. The lowest BCUT2D eigenvalue weighted by molar-refractivity contribution is -0.124. The number of carbonyl (C=O) groups excluding carboxylic acids is 1. The topological polar surface area (TPSA) is 45.6 Å². The first-order valence-electron chi connectivity index (χ1n) is 9.66. The number of amides is 1. The molecular weight excluding hydrogens is 386 g/mol. The van der Waals surface area contributed by atoms with Gasteiger partial charge in [0, 0.05) is 11.4 Å². The predicted molar refractivity (Wildman–Crippen MR) is 119 cm³/mol. The maximum absolute atomic E-state index is 13.2. The van der Waals surface area contributed by atoms with Gasteiger partial charge in [0.15, 0.2) is 5.17 Å². The molecule has 2 heterocycles. The number of hydrogen-bond acceptors (Lipinski definition) is 5. The summed E-state index contributed by atoms with van der Waals surface area (Å²) >= 11 is 2.98. The van der Waals surface area contributed by atoms with E-state index in [1.165, 1.54) is 42.4 Å². The molecule has 0 unspecified atom stereocenters. The lowest BCUT2D eigenvalue weighted by atomic mass is 9.94. The summed E-state index contributed by atoms with van der Waals surface area (Å²) in [6.07, 6.45) is 11.6. The van der Waals surface area contributed by atoms with Gasteiger partial charge in [0.1, 0.15) is 0 Å². The van der Waals surface area contributed by atoms with Gasteiger partial charge in [0.25, 0.3) is 5.91 Å². The minimum absolute atomic E-state index is 0.0710. The molecule has 0 radical (unpaired) electrons. The van der Waals surface area contributed by atoms with E-state index in [0.717, 1.165) is 39.3 Å². The Balaban J connectivity index is 1.60. The quantitative estimate of drug-likeness (QED) is 0.587. The lowest BCUT2D eigenvalue weighted by Gasteiger charge is -2.30. The number of aromatic nitrogens is 1. The first-order valence-corrected chi connectivity index (χ1v) is 11.4. The van der Waals surface area contributed by atoms with Gasteiger partial charge in [-0.1, -0.05) is 61.7 Å². The number of nitrogens with zero attached hydrogens (tertiary/aromatic N) is 3. The Bertz CT molecular complexity index is 924. The molecule has 1 aromatic carbocycles. The van der Waals surface area contributed by atoms with Gasteiger partial charge in [0.2, 0.25) is 5.13 Å². The van der Waals surface area contributed by atoms with Crippen molar-refractivity contribution in [2.75, 3.05) is 0 Å². The Labute approximate surface area is 174 Å². The minimum Gasteiger partial charge on any atom is -0.283 e. The number of amidine groups is 1. The average Bonchev–Trinajstić information content (AvgIpc) is 3.26. The summed E-state index contributed by atoms with van der Waals surface area (Å²) in [6.45, 7) is 1.96. The molecule has 2 aromatic rings. The van der Waals surface area contributed by atoms with E-state index in [-0.39, 0.29) is 11.9 Å². The summed E-state index contributed by atoms with van der Waals surface area (Å²) in [6, 6.07) is 10.4. The number of benzene rings is 1. The zero-order chi connectivity index (χ0) is 19.3. The molecule has 1 aliphatic carbocycles. The van der Waals surface area contributed by atoms with E-state index in [2.05, 4.69) is 4.98 Å². The first-order chi connectivity index (χ1) is 13.7. The van der Waals surface area contributed by atoms with Gasteiger partial charge in [-0.25, -0.2) is 4.98 Å². The molecule has 1 amide bonds. The highest BCUT2D eigenvalue weighted by molar-refractivity contribution is 8.18. The number of thiazole rings is 1. The van der Waals surface area contributed by atoms with Crippen LogP contribution in [0.5, 0.6) is 0 Å². The zero-order valence-corrected chi connectivity index (χ0v) is 17.5. The van der Waals surface area contributed by atoms with Crippen molar-refractivity contribution >= 4 is 45.4 Å². The molecule has 1 aromatic heterocycles. The van der Waals surface area contributed by atoms with Crippen molar-refractivity contribution in [3.8, 4) is 0 Å². The van der Waals surface area contributed by atoms with Gasteiger partial charge in [-0.2, -0.15) is 4.99 Å². The van der Waals surface area contributed by atoms with Crippen LogP contribution in [0, 0.1) is 6.92 Å². The summed E-state index contributed by atoms with van der Waals surface area (Å²) in [5.74, 6) is 0.0710. The van der Waals surface area contributed by atoms with Crippen LogP contribution in [-0.4, -0.2) is 27.0 Å². The largest absolute Gasteiger partial charge is 0.283 e. The number of aliphatic imine (C=N–C) groups is 1. The van der Waals surface area contributed by atoms with Crippen LogP contribution in [0.1, 0.15) is 43.4 Å². The highest BCUT2D eigenvalue weighted by Gasteiger charge is 2.38. The minimum atomic E-state index is 0.0710. The van der Waals surface area contributed by atoms with Crippen molar-refractivity contribution in [1.29, 1.82) is 0 Å². The molecule has 0 N–H and O–H groups in total. The zero-order valence-electron chi connectivity index (χ0n) is 15.9. The Morgan fingerprint density at radius 3 is 2.68 bits per heavy atom. The molecule has 1 aliphatic heterocycles. The van der Waals surface area contributed by atoms with Crippen LogP contribution in [0.15, 0.2) is 57.8 Å². The van der Waals surface area contributed by atoms with Gasteiger partial charge < -0.3 is 0 Å². The van der Waals surface area contributed by atoms with E-state index in [9.17, 15) is 4.79 Å². The van der Waals surface area contributed by atoms with Gasteiger partial charge in [-0.3, -0.25) is 9.69 Å². The van der Waals surface area contributed by atoms with Crippen LogP contribution in [-0.2, 0) is 4.79 Å². The second kappa shape index (κ2) is 8.88. The van der Waals surface area contributed by atoms with Crippen molar-refractivity contribution in [2.24, 2.45) is 4.99 Å². The molecule has 0 atom stereocenters. The van der Waals surface area contributed by atoms with Gasteiger partial charge >= 0.3 is 0 Å². The Morgan fingerprint density at radius 1 is 1.18 bits per heavy atom. The molecule has 6 heteroatoms. The summed E-state index contributed by atoms with van der Waals surface area (Å²) in [7, 11) is 0. The Hall–Kier alpha value is -2.18. The third-order valence-electron chi connectivity index (χ3n) is 4.91. The molecule has 144 valence electrons. The summed E-state index contributed by atoms with van der Waals surface area (Å²) in [5, 5.41) is 3.48. The van der Waals surface area contributed by atoms with E-state index in [1.54, 1.807) is 0 Å². The molecule has 1 saturated heterocycles. The third-order valence-corrected chi connectivity index (χ3v) is 6.76. The highest BCUT2D eigenvalue weighted by Crippen LogP contribution is 2.38. The fraction of sp³-hybridized carbons (Fsp3) is 0.318. The summed E-state index contributed by atoms with van der Waals surface area (Å²) in [4.78, 5) is 25.0. The van der Waals surface area contributed by atoms with E-state index in [4.69, 9.17) is 4.99 Å². The van der Waals surface area contributed by atoms with Crippen LogP contribution >= 0.6 is 23.1 Å².